The summed E-state index contributed by atoms with van der Waals surface area (Å²) in [6.45, 7) is 6.68. The first-order valence-corrected chi connectivity index (χ1v) is 8.23. The Morgan fingerprint density at radius 2 is 1.79 bits per heavy atom. The Morgan fingerprint density at radius 3 is 2.42 bits per heavy atom. The van der Waals surface area contributed by atoms with Gasteiger partial charge in [-0.2, -0.15) is 0 Å². The highest BCUT2D eigenvalue weighted by molar-refractivity contribution is 6.20. The topological polar surface area (TPSA) is 0 Å². The molecule has 1 saturated carbocycles. The summed E-state index contributed by atoms with van der Waals surface area (Å²) in [5.41, 5.74) is 4.23. The van der Waals surface area contributed by atoms with Crippen LogP contribution in [0, 0.1) is 25.7 Å². The number of rotatable bonds is 4. The molecular weight excluding hydrogens is 252 g/mol. The lowest BCUT2D eigenvalue weighted by Gasteiger charge is -2.33. The quantitative estimate of drug-likeness (QED) is 0.623. The lowest BCUT2D eigenvalue weighted by atomic mass is 9.76. The van der Waals surface area contributed by atoms with E-state index in [0.717, 1.165) is 12.3 Å². The summed E-state index contributed by atoms with van der Waals surface area (Å²) in [7, 11) is 0. The van der Waals surface area contributed by atoms with E-state index in [1.165, 1.54) is 48.8 Å². The van der Waals surface area contributed by atoms with Crippen molar-refractivity contribution < 1.29 is 0 Å². The van der Waals surface area contributed by atoms with Crippen LogP contribution in [-0.2, 0) is 6.42 Å². The van der Waals surface area contributed by atoms with Gasteiger partial charge in [0.05, 0.1) is 0 Å². The fraction of sp³-hybridized carbons (Fsp3) is 0.667. The van der Waals surface area contributed by atoms with Crippen molar-refractivity contribution in [1.29, 1.82) is 0 Å². The molecule has 0 heterocycles. The van der Waals surface area contributed by atoms with E-state index in [9.17, 15) is 0 Å². The van der Waals surface area contributed by atoms with Gasteiger partial charge >= 0.3 is 0 Å². The van der Waals surface area contributed by atoms with Gasteiger partial charge in [0.15, 0.2) is 0 Å². The second-order valence-corrected chi connectivity index (χ2v) is 7.00. The fourth-order valence-electron chi connectivity index (χ4n) is 3.70. The molecule has 0 spiro atoms. The number of hydrogen-bond acceptors (Lipinski definition) is 0. The maximum Gasteiger partial charge on any atom is 0.0367 e. The predicted octanol–water partition coefficient (Wildman–Crippen LogP) is 5.67. The Bertz CT molecular complexity index is 390. The molecular formula is C18H27Cl. The second-order valence-electron chi connectivity index (χ2n) is 6.44. The molecule has 1 aliphatic carbocycles. The highest BCUT2D eigenvalue weighted by atomic mass is 35.5. The van der Waals surface area contributed by atoms with Gasteiger partial charge in [-0.3, -0.25) is 0 Å². The highest BCUT2D eigenvalue weighted by Gasteiger charge is 2.28. The van der Waals surface area contributed by atoms with Gasteiger partial charge in [0.25, 0.3) is 0 Å². The number of hydrogen-bond donors (Lipinski definition) is 0. The Kier molecular flexibility index (Phi) is 5.33. The van der Waals surface area contributed by atoms with E-state index in [1.807, 2.05) is 0 Å². The van der Waals surface area contributed by atoms with E-state index in [-0.39, 0.29) is 0 Å². The van der Waals surface area contributed by atoms with Crippen LogP contribution in [0.15, 0.2) is 18.2 Å². The van der Waals surface area contributed by atoms with Crippen LogP contribution in [0.3, 0.4) is 0 Å². The smallest absolute Gasteiger partial charge is 0.0367 e. The predicted molar refractivity (Wildman–Crippen MR) is 85.0 cm³/mol. The first-order valence-electron chi connectivity index (χ1n) is 7.79. The number of aryl methyl sites for hydroxylation is 2. The molecule has 0 saturated heterocycles. The van der Waals surface area contributed by atoms with Crippen LogP contribution in [0.1, 0.15) is 55.7 Å². The molecule has 0 amide bonds. The van der Waals surface area contributed by atoms with Crippen molar-refractivity contribution in [1.82, 2.24) is 0 Å². The summed E-state index contributed by atoms with van der Waals surface area (Å²) in [6.07, 6.45) is 7.74. The molecule has 0 nitrogen and oxygen atoms in total. The van der Waals surface area contributed by atoms with Crippen molar-refractivity contribution in [2.75, 3.05) is 0 Å². The van der Waals surface area contributed by atoms with Gasteiger partial charge < -0.3 is 0 Å². The van der Waals surface area contributed by atoms with Gasteiger partial charge in [0.2, 0.25) is 0 Å². The van der Waals surface area contributed by atoms with Crippen molar-refractivity contribution >= 4 is 11.6 Å². The molecule has 106 valence electrons. The first-order chi connectivity index (χ1) is 9.08. The Balaban J connectivity index is 2.03. The van der Waals surface area contributed by atoms with Crippen molar-refractivity contribution in [3.8, 4) is 0 Å². The van der Waals surface area contributed by atoms with E-state index in [4.69, 9.17) is 11.6 Å². The summed E-state index contributed by atoms with van der Waals surface area (Å²) in [4.78, 5) is 0. The van der Waals surface area contributed by atoms with Crippen LogP contribution in [0.4, 0.5) is 0 Å². The van der Waals surface area contributed by atoms with Crippen molar-refractivity contribution in [2.24, 2.45) is 11.8 Å². The summed E-state index contributed by atoms with van der Waals surface area (Å²) >= 11 is 6.58. The van der Waals surface area contributed by atoms with Gasteiger partial charge in [-0.05, 0) is 56.9 Å². The van der Waals surface area contributed by atoms with E-state index in [0.29, 0.717) is 11.3 Å². The molecule has 1 fully saturated rings. The molecule has 2 rings (SSSR count). The molecule has 1 aromatic carbocycles. The lowest BCUT2D eigenvalue weighted by molar-refractivity contribution is 0.257. The second kappa shape index (κ2) is 6.79. The van der Waals surface area contributed by atoms with Crippen LogP contribution < -0.4 is 0 Å². The zero-order valence-corrected chi connectivity index (χ0v) is 13.3. The number of alkyl halides is 1. The van der Waals surface area contributed by atoms with Gasteiger partial charge in [-0.15, -0.1) is 11.6 Å². The van der Waals surface area contributed by atoms with Crippen LogP contribution >= 0.6 is 11.6 Å². The van der Waals surface area contributed by atoms with Crippen LogP contribution in [-0.4, -0.2) is 5.38 Å². The minimum atomic E-state index is 0.383. The molecule has 0 aliphatic heterocycles. The molecule has 0 radical (unpaired) electrons. The minimum absolute atomic E-state index is 0.383. The zero-order valence-electron chi connectivity index (χ0n) is 12.6. The van der Waals surface area contributed by atoms with Gasteiger partial charge in [-0.1, -0.05) is 49.1 Å². The van der Waals surface area contributed by atoms with Gasteiger partial charge in [-0.25, -0.2) is 0 Å². The molecule has 0 bridgehead atoms. The molecule has 0 N–H and O–H groups in total. The average Bonchev–Trinajstić information content (AvgIpc) is 2.32. The van der Waals surface area contributed by atoms with E-state index < -0.39 is 0 Å². The average molecular weight is 279 g/mol. The Hall–Kier alpha value is -0.490. The summed E-state index contributed by atoms with van der Waals surface area (Å²) in [6, 6.07) is 6.92. The summed E-state index contributed by atoms with van der Waals surface area (Å²) in [5, 5.41) is 0.383. The molecule has 1 aliphatic rings. The molecule has 19 heavy (non-hydrogen) atoms. The molecule has 3 unspecified atom stereocenters. The normalized spacial score (nSPS) is 27.5. The monoisotopic (exact) mass is 278 g/mol. The number of halogens is 1. The molecule has 0 aromatic heterocycles. The summed E-state index contributed by atoms with van der Waals surface area (Å²) < 4.78 is 0. The van der Waals surface area contributed by atoms with E-state index in [2.05, 4.69) is 39.0 Å². The van der Waals surface area contributed by atoms with E-state index in [1.54, 1.807) is 0 Å². The first kappa shape index (κ1) is 14.9. The van der Waals surface area contributed by atoms with Crippen LogP contribution in [0.2, 0.25) is 0 Å². The Labute approximate surface area is 123 Å². The van der Waals surface area contributed by atoms with Crippen molar-refractivity contribution in [3.05, 3.63) is 34.9 Å². The highest BCUT2D eigenvalue weighted by Crippen LogP contribution is 2.37. The molecule has 1 aromatic rings. The van der Waals surface area contributed by atoms with Gasteiger partial charge in [0, 0.05) is 5.38 Å². The van der Waals surface area contributed by atoms with Crippen LogP contribution in [0.25, 0.3) is 0 Å². The zero-order chi connectivity index (χ0) is 13.8. The maximum atomic E-state index is 6.58. The standard InChI is InChI=1S/C18H27Cl/c1-4-5-15-6-7-18(19)17(11-15)12-16-9-13(2)8-14(3)10-16/h8-10,15,17-18H,4-7,11-12H2,1-3H3. The van der Waals surface area contributed by atoms with Gasteiger partial charge in [0.1, 0.15) is 0 Å². The maximum absolute atomic E-state index is 6.58. The minimum Gasteiger partial charge on any atom is -0.123 e. The lowest BCUT2D eigenvalue weighted by Crippen LogP contribution is -2.27. The van der Waals surface area contributed by atoms with E-state index >= 15 is 0 Å². The third kappa shape index (κ3) is 4.24. The SMILES string of the molecule is CCCC1CCC(Cl)C(Cc2cc(C)cc(C)c2)C1. The van der Waals surface area contributed by atoms with Crippen molar-refractivity contribution in [3.63, 3.8) is 0 Å². The molecule has 1 heteroatoms. The third-order valence-corrected chi connectivity index (χ3v) is 5.05. The van der Waals surface area contributed by atoms with Crippen molar-refractivity contribution in [2.45, 2.75) is 64.7 Å². The number of benzene rings is 1. The third-order valence-electron chi connectivity index (χ3n) is 4.47. The summed E-state index contributed by atoms with van der Waals surface area (Å²) in [5.74, 6) is 1.59. The fourth-order valence-corrected chi connectivity index (χ4v) is 4.01. The van der Waals surface area contributed by atoms with Crippen LogP contribution in [0.5, 0.6) is 0 Å². The molecule has 3 atom stereocenters. The largest absolute Gasteiger partial charge is 0.123 e. The Morgan fingerprint density at radius 1 is 1.11 bits per heavy atom.